The molecule has 25 heavy (non-hydrogen) atoms. The molecule has 0 saturated heterocycles. The predicted molar refractivity (Wildman–Crippen MR) is 96.8 cm³/mol. The Hall–Kier alpha value is -2.12. The number of halogens is 1. The Labute approximate surface area is 148 Å². The molecule has 2 aromatic rings. The van der Waals surface area contributed by atoms with Gasteiger partial charge in [-0.05, 0) is 49.0 Å². The molecule has 0 aliphatic heterocycles. The first-order valence-corrected chi connectivity index (χ1v) is 9.55. The summed E-state index contributed by atoms with van der Waals surface area (Å²) in [6, 6.07) is 10.7. The first-order chi connectivity index (χ1) is 11.9. The quantitative estimate of drug-likeness (QED) is 0.777. The van der Waals surface area contributed by atoms with Crippen molar-refractivity contribution >= 4 is 15.7 Å². The van der Waals surface area contributed by atoms with Crippen molar-refractivity contribution in [1.82, 2.24) is 4.90 Å². The Bertz CT molecular complexity index is 804. The first-order valence-electron chi connectivity index (χ1n) is 8.07. The summed E-state index contributed by atoms with van der Waals surface area (Å²) < 4.78 is 45.8. The third-order valence-corrected chi connectivity index (χ3v) is 5.32. The van der Waals surface area contributed by atoms with Crippen LogP contribution in [-0.4, -0.2) is 33.5 Å². The van der Waals surface area contributed by atoms with E-state index in [0.717, 1.165) is 31.3 Å². The van der Waals surface area contributed by atoms with Crippen LogP contribution in [0, 0.1) is 5.82 Å². The van der Waals surface area contributed by atoms with E-state index < -0.39 is 15.8 Å². The second-order valence-corrected chi connectivity index (χ2v) is 7.24. The Kier molecular flexibility index (Phi) is 6.39. The van der Waals surface area contributed by atoms with Crippen LogP contribution in [0.4, 0.5) is 10.1 Å². The number of nitrogens with one attached hydrogen (secondary N) is 1. The van der Waals surface area contributed by atoms with Crippen LogP contribution in [0.1, 0.15) is 19.4 Å². The van der Waals surface area contributed by atoms with Crippen molar-refractivity contribution in [2.24, 2.45) is 0 Å². The van der Waals surface area contributed by atoms with E-state index in [4.69, 9.17) is 4.74 Å². The summed E-state index contributed by atoms with van der Waals surface area (Å²) in [5.74, 6) is -0.723. The van der Waals surface area contributed by atoms with Crippen LogP contribution < -0.4 is 9.46 Å². The van der Waals surface area contributed by atoms with Gasteiger partial charge in [0.1, 0.15) is 0 Å². The van der Waals surface area contributed by atoms with Gasteiger partial charge in [-0.3, -0.25) is 9.62 Å². The van der Waals surface area contributed by atoms with Gasteiger partial charge in [0.15, 0.2) is 11.6 Å². The van der Waals surface area contributed by atoms with Gasteiger partial charge in [0.25, 0.3) is 10.0 Å². The minimum Gasteiger partial charge on any atom is -0.494 e. The van der Waals surface area contributed by atoms with Gasteiger partial charge in [-0.2, -0.15) is 0 Å². The lowest BCUT2D eigenvalue weighted by molar-refractivity contribution is 0.296. The maximum absolute atomic E-state index is 13.7. The van der Waals surface area contributed by atoms with E-state index in [-0.39, 0.29) is 10.6 Å². The second-order valence-electron chi connectivity index (χ2n) is 5.56. The van der Waals surface area contributed by atoms with Crippen LogP contribution in [0.25, 0.3) is 0 Å². The molecule has 0 aromatic heterocycles. The lowest BCUT2D eigenvalue weighted by atomic mass is 10.2. The van der Waals surface area contributed by atoms with E-state index in [9.17, 15) is 12.8 Å². The normalized spacial score (nSPS) is 11.6. The molecular formula is C18H23FN2O3S. The lowest BCUT2D eigenvalue weighted by Gasteiger charge is -2.18. The van der Waals surface area contributed by atoms with Crippen LogP contribution >= 0.6 is 0 Å². The fraction of sp³-hybridized carbons (Fsp3) is 0.333. The maximum atomic E-state index is 13.7. The topological polar surface area (TPSA) is 58.6 Å². The van der Waals surface area contributed by atoms with Crippen molar-refractivity contribution in [3.63, 3.8) is 0 Å². The average Bonchev–Trinajstić information content (AvgIpc) is 2.60. The predicted octanol–water partition coefficient (Wildman–Crippen LogP) is 3.48. The van der Waals surface area contributed by atoms with Crippen LogP contribution in [-0.2, 0) is 16.6 Å². The smallest absolute Gasteiger partial charge is 0.262 e. The molecule has 1 N–H and O–H groups in total. The zero-order valence-corrected chi connectivity index (χ0v) is 15.4. The first kappa shape index (κ1) is 19.2. The molecule has 0 spiro atoms. The highest BCUT2D eigenvalue weighted by Gasteiger charge is 2.17. The van der Waals surface area contributed by atoms with Gasteiger partial charge in [0, 0.05) is 12.2 Å². The molecule has 0 heterocycles. The van der Waals surface area contributed by atoms with E-state index in [1.54, 1.807) is 12.1 Å². The van der Waals surface area contributed by atoms with Gasteiger partial charge in [0.05, 0.1) is 12.0 Å². The zero-order valence-electron chi connectivity index (χ0n) is 14.6. The minimum atomic E-state index is -3.86. The standard InChI is InChI=1S/C18H23FN2O3S/c1-4-21(5-2)13-14-6-8-15(9-7-14)20-25(22,23)16-10-11-18(24-3)17(19)12-16/h6-12,20H,4-5,13H2,1-3H3. The van der Waals surface area contributed by atoms with Crippen molar-refractivity contribution in [2.45, 2.75) is 25.3 Å². The number of sulfonamides is 1. The fourth-order valence-electron chi connectivity index (χ4n) is 2.41. The molecule has 0 aliphatic carbocycles. The number of hydrogen-bond acceptors (Lipinski definition) is 4. The summed E-state index contributed by atoms with van der Waals surface area (Å²) in [5, 5.41) is 0. The summed E-state index contributed by atoms with van der Waals surface area (Å²) in [4.78, 5) is 2.11. The van der Waals surface area contributed by atoms with E-state index in [1.807, 2.05) is 12.1 Å². The van der Waals surface area contributed by atoms with Crippen molar-refractivity contribution in [1.29, 1.82) is 0 Å². The van der Waals surface area contributed by atoms with E-state index >= 15 is 0 Å². The van der Waals surface area contributed by atoms with E-state index in [2.05, 4.69) is 23.5 Å². The molecule has 0 aliphatic rings. The number of benzene rings is 2. The summed E-state index contributed by atoms with van der Waals surface area (Å²) >= 11 is 0. The molecular weight excluding hydrogens is 343 g/mol. The highest BCUT2D eigenvalue weighted by Crippen LogP contribution is 2.23. The fourth-order valence-corrected chi connectivity index (χ4v) is 3.48. The molecule has 0 unspecified atom stereocenters. The van der Waals surface area contributed by atoms with Gasteiger partial charge in [-0.25, -0.2) is 12.8 Å². The van der Waals surface area contributed by atoms with E-state index in [1.165, 1.54) is 19.2 Å². The highest BCUT2D eigenvalue weighted by molar-refractivity contribution is 7.92. The van der Waals surface area contributed by atoms with E-state index in [0.29, 0.717) is 5.69 Å². The monoisotopic (exact) mass is 366 g/mol. The third-order valence-electron chi connectivity index (χ3n) is 3.94. The molecule has 2 aromatic carbocycles. The molecule has 0 atom stereocenters. The number of anilines is 1. The van der Waals surface area contributed by atoms with Crippen LogP contribution in [0.3, 0.4) is 0 Å². The van der Waals surface area contributed by atoms with Crippen LogP contribution in [0.15, 0.2) is 47.4 Å². The third kappa shape index (κ3) is 4.93. The summed E-state index contributed by atoms with van der Waals surface area (Å²) in [6.07, 6.45) is 0. The van der Waals surface area contributed by atoms with Gasteiger partial charge in [-0.15, -0.1) is 0 Å². The maximum Gasteiger partial charge on any atom is 0.262 e. The van der Waals surface area contributed by atoms with Crippen LogP contribution in [0.5, 0.6) is 5.75 Å². The van der Waals surface area contributed by atoms with Gasteiger partial charge >= 0.3 is 0 Å². The van der Waals surface area contributed by atoms with Crippen molar-refractivity contribution < 1.29 is 17.5 Å². The minimum absolute atomic E-state index is 0.000273. The number of hydrogen-bond donors (Lipinski definition) is 1. The molecule has 0 saturated carbocycles. The van der Waals surface area contributed by atoms with Crippen molar-refractivity contribution in [3.05, 3.63) is 53.8 Å². The summed E-state index contributed by atoms with van der Waals surface area (Å²) in [6.45, 7) is 6.91. The number of rotatable bonds is 8. The molecule has 0 radical (unpaired) electrons. The summed E-state index contributed by atoms with van der Waals surface area (Å²) in [7, 11) is -2.54. The van der Waals surface area contributed by atoms with Gasteiger partial charge in [-0.1, -0.05) is 26.0 Å². The number of ether oxygens (including phenoxy) is 1. The molecule has 0 amide bonds. The Morgan fingerprint density at radius 3 is 2.24 bits per heavy atom. The lowest BCUT2D eigenvalue weighted by Crippen LogP contribution is -2.22. The van der Waals surface area contributed by atoms with Crippen molar-refractivity contribution in [2.75, 3.05) is 24.9 Å². The zero-order chi connectivity index (χ0) is 18.4. The Balaban J connectivity index is 2.14. The average molecular weight is 366 g/mol. The second kappa shape index (κ2) is 8.31. The molecule has 136 valence electrons. The molecule has 2 rings (SSSR count). The molecule has 5 nitrogen and oxygen atoms in total. The van der Waals surface area contributed by atoms with Crippen LogP contribution in [0.2, 0.25) is 0 Å². The summed E-state index contributed by atoms with van der Waals surface area (Å²) in [5.41, 5.74) is 1.53. The number of nitrogens with zero attached hydrogens (tertiary/aromatic N) is 1. The molecule has 7 heteroatoms. The van der Waals surface area contributed by atoms with Crippen molar-refractivity contribution in [3.8, 4) is 5.75 Å². The SMILES string of the molecule is CCN(CC)Cc1ccc(NS(=O)(=O)c2ccc(OC)c(F)c2)cc1. The van der Waals surface area contributed by atoms with Gasteiger partial charge < -0.3 is 4.74 Å². The molecule has 0 fully saturated rings. The Morgan fingerprint density at radius 2 is 1.72 bits per heavy atom. The Morgan fingerprint density at radius 1 is 1.08 bits per heavy atom. The van der Waals surface area contributed by atoms with Gasteiger partial charge in [0.2, 0.25) is 0 Å². The largest absolute Gasteiger partial charge is 0.494 e. The highest BCUT2D eigenvalue weighted by atomic mass is 32.2. The molecule has 0 bridgehead atoms. The number of methoxy groups -OCH3 is 1.